The summed E-state index contributed by atoms with van der Waals surface area (Å²) >= 11 is 0. The maximum absolute atomic E-state index is 14.4. The Labute approximate surface area is 355 Å². The van der Waals surface area contributed by atoms with Gasteiger partial charge in [-0.25, -0.2) is 0 Å². The Balaban J connectivity index is 1.81. The zero-order chi connectivity index (χ0) is 43.9. The number of ether oxygens (including phenoxy) is 2. The predicted molar refractivity (Wildman–Crippen MR) is 249 cm³/mol. The monoisotopic (exact) mass is 842 g/mol. The Kier molecular flexibility index (Phi) is 11.1. The van der Waals surface area contributed by atoms with Gasteiger partial charge in [-0.2, -0.15) is 0 Å². The third kappa shape index (κ3) is 6.10. The minimum atomic E-state index is -2.62. The molecular formula is C50H58O8Si2. The molecule has 7 rings (SSSR count). The van der Waals surface area contributed by atoms with E-state index in [1.54, 1.807) is 26.4 Å². The zero-order valence-corrected chi connectivity index (χ0v) is 39.5. The first-order chi connectivity index (χ1) is 28.3. The molecule has 0 saturated carbocycles. The molecule has 0 saturated heterocycles. The number of methoxy groups -OCH3 is 2. The first kappa shape index (κ1) is 43.0. The fraction of sp³-hybridized carbons (Fsp3) is 0.400. The molecule has 60 heavy (non-hydrogen) atoms. The summed E-state index contributed by atoms with van der Waals surface area (Å²) in [4.78, 5) is 56.8. The van der Waals surface area contributed by atoms with Crippen molar-refractivity contribution in [2.24, 2.45) is 0 Å². The predicted octanol–water partition coefficient (Wildman–Crippen LogP) is 13.3. The number of fused-ring (bicyclic) bond motifs is 11. The highest BCUT2D eigenvalue weighted by Gasteiger charge is 2.49. The molecule has 0 heterocycles. The number of carbonyl (C=O) groups excluding carboxylic acids is 4. The highest BCUT2D eigenvalue weighted by Crippen LogP contribution is 2.54. The van der Waals surface area contributed by atoms with Crippen LogP contribution >= 0.6 is 0 Å². The average molecular weight is 843 g/mol. The van der Waals surface area contributed by atoms with Gasteiger partial charge in [0.25, 0.3) is 16.6 Å². The van der Waals surface area contributed by atoms with Crippen molar-refractivity contribution in [1.82, 2.24) is 0 Å². The van der Waals surface area contributed by atoms with Gasteiger partial charge in [-0.1, -0.05) is 83.1 Å². The smallest absolute Gasteiger partial charge is 0.258 e. The number of hydrogen-bond donors (Lipinski definition) is 0. The fourth-order valence-corrected chi connectivity index (χ4v) is 21.8. The van der Waals surface area contributed by atoms with Crippen LogP contribution in [0.2, 0.25) is 33.2 Å². The van der Waals surface area contributed by atoms with Crippen LogP contribution in [0.25, 0.3) is 43.1 Å². The third-order valence-corrected chi connectivity index (χ3v) is 25.6. The minimum Gasteiger partial charge on any atom is -0.542 e. The van der Waals surface area contributed by atoms with E-state index in [2.05, 4.69) is 83.1 Å². The standard InChI is InChI=1S/C50H58O8Si2/c1-25(2)59(26(3)4,27(5)6)57-41-23-35-37(51)19-21-39(53)43(35)45-31(41)15-17-33-47(45)48-34(50(56-14)49(33)55-13)18-16-32-42(58-60(28(7)8,29(9)10)30(11)12)24-36-38(52)20-22-40(54)44(36)46(32)48/h15-30H,1-14H3. The van der Waals surface area contributed by atoms with Gasteiger partial charge in [0.15, 0.2) is 34.6 Å². The summed E-state index contributed by atoms with van der Waals surface area (Å²) in [5, 5.41) is 4.75. The quantitative estimate of drug-likeness (QED) is 0.0903. The number of allylic oxidation sites excluding steroid dienone is 4. The maximum Gasteiger partial charge on any atom is 0.258 e. The van der Waals surface area contributed by atoms with Crippen LogP contribution in [0.3, 0.4) is 0 Å². The molecule has 0 amide bonds. The molecule has 0 bridgehead atoms. The van der Waals surface area contributed by atoms with Crippen molar-refractivity contribution in [2.75, 3.05) is 14.2 Å². The zero-order valence-electron chi connectivity index (χ0n) is 37.5. The van der Waals surface area contributed by atoms with E-state index in [-0.39, 0.29) is 78.6 Å². The van der Waals surface area contributed by atoms with E-state index in [9.17, 15) is 19.2 Å². The lowest BCUT2D eigenvalue weighted by molar-refractivity contribution is 0.0995. The summed E-state index contributed by atoms with van der Waals surface area (Å²) in [5.74, 6) is 0.685. The van der Waals surface area contributed by atoms with Gasteiger partial charge in [0.2, 0.25) is 0 Å². The normalized spacial score (nSPS) is 14.7. The molecule has 0 aromatic heterocycles. The molecule has 5 aromatic rings. The van der Waals surface area contributed by atoms with Gasteiger partial charge in [0.05, 0.1) is 14.2 Å². The Morgan fingerprint density at radius 2 is 0.683 bits per heavy atom. The first-order valence-electron chi connectivity index (χ1n) is 21.3. The van der Waals surface area contributed by atoms with E-state index < -0.39 is 16.6 Å². The molecule has 0 aliphatic heterocycles. The lowest BCUT2D eigenvalue weighted by atomic mass is 9.82. The van der Waals surface area contributed by atoms with E-state index >= 15 is 0 Å². The average Bonchev–Trinajstić information content (AvgIpc) is 3.19. The molecule has 2 aliphatic carbocycles. The summed E-state index contributed by atoms with van der Waals surface area (Å²) in [6, 6.07) is 11.3. The highest BCUT2D eigenvalue weighted by atomic mass is 28.4. The molecule has 0 spiro atoms. The Morgan fingerprint density at radius 3 is 0.967 bits per heavy atom. The van der Waals surface area contributed by atoms with Gasteiger partial charge in [0, 0.05) is 65.3 Å². The molecule has 0 radical (unpaired) electrons. The molecule has 0 unspecified atom stereocenters. The van der Waals surface area contributed by atoms with Gasteiger partial charge in [0.1, 0.15) is 11.5 Å². The number of benzene rings is 5. The van der Waals surface area contributed by atoms with Gasteiger partial charge < -0.3 is 18.3 Å². The van der Waals surface area contributed by atoms with E-state index in [1.807, 2.05) is 24.3 Å². The fourth-order valence-electron chi connectivity index (χ4n) is 11.3. The second kappa shape index (κ2) is 15.4. The molecule has 2 aliphatic rings. The molecule has 0 atom stereocenters. The van der Waals surface area contributed by atoms with Crippen molar-refractivity contribution in [3.05, 3.63) is 83.0 Å². The number of carbonyl (C=O) groups is 4. The number of ketones is 4. The second-order valence-corrected chi connectivity index (χ2v) is 29.2. The van der Waals surface area contributed by atoms with Crippen LogP contribution in [0.15, 0.2) is 60.7 Å². The number of hydrogen-bond acceptors (Lipinski definition) is 8. The van der Waals surface area contributed by atoms with Crippen molar-refractivity contribution in [2.45, 2.75) is 116 Å². The molecule has 314 valence electrons. The largest absolute Gasteiger partial charge is 0.542 e. The van der Waals surface area contributed by atoms with Crippen molar-refractivity contribution in [3.8, 4) is 23.0 Å². The Bertz CT molecular complexity index is 2500. The molecule has 0 N–H and O–H groups in total. The van der Waals surface area contributed by atoms with Crippen LogP contribution in [-0.2, 0) is 0 Å². The Hall–Kier alpha value is -5.07. The lowest BCUT2D eigenvalue weighted by Crippen LogP contribution is -2.50. The highest BCUT2D eigenvalue weighted by molar-refractivity contribution is 6.79. The van der Waals surface area contributed by atoms with Crippen molar-refractivity contribution in [1.29, 1.82) is 0 Å². The second-order valence-electron chi connectivity index (χ2n) is 18.4. The van der Waals surface area contributed by atoms with Crippen LogP contribution in [0.4, 0.5) is 0 Å². The third-order valence-electron chi connectivity index (χ3n) is 13.7. The van der Waals surface area contributed by atoms with Crippen molar-refractivity contribution >= 4 is 82.9 Å². The van der Waals surface area contributed by atoms with Gasteiger partial charge in [-0.05, 0) is 93.9 Å². The van der Waals surface area contributed by atoms with E-state index in [4.69, 9.17) is 18.3 Å². The summed E-state index contributed by atoms with van der Waals surface area (Å²) in [6.07, 6.45) is 5.31. The molecule has 10 heteroatoms. The van der Waals surface area contributed by atoms with Crippen LogP contribution < -0.4 is 18.3 Å². The SMILES string of the molecule is COc1c(OC)c2ccc3c(O[Si](C(C)C)(C(C)C)C(C)C)cc4c(c3c2c2c1ccc1c(O[Si](C(C)C)(C(C)C)C(C)C)cc3c(c12)C(=O)C=CC3=O)C(=O)C=CC4=O. The minimum absolute atomic E-state index is 0.218. The first-order valence-corrected chi connectivity index (χ1v) is 25.6. The van der Waals surface area contributed by atoms with Crippen LogP contribution in [0.1, 0.15) is 125 Å². The van der Waals surface area contributed by atoms with Gasteiger partial charge in [-0.3, -0.25) is 19.2 Å². The van der Waals surface area contributed by atoms with E-state index in [1.165, 1.54) is 24.3 Å². The summed E-state index contributed by atoms with van der Waals surface area (Å²) in [6.45, 7) is 26.5. The summed E-state index contributed by atoms with van der Waals surface area (Å²) < 4.78 is 27.2. The van der Waals surface area contributed by atoms with Crippen LogP contribution in [0.5, 0.6) is 23.0 Å². The van der Waals surface area contributed by atoms with Crippen molar-refractivity contribution in [3.63, 3.8) is 0 Å². The molecular weight excluding hydrogens is 785 g/mol. The number of rotatable bonds is 12. The van der Waals surface area contributed by atoms with Crippen LogP contribution in [-0.4, -0.2) is 54.0 Å². The Morgan fingerprint density at radius 1 is 0.400 bits per heavy atom. The van der Waals surface area contributed by atoms with Gasteiger partial charge >= 0.3 is 0 Å². The van der Waals surface area contributed by atoms with E-state index in [0.717, 1.165) is 0 Å². The molecule has 8 nitrogen and oxygen atoms in total. The van der Waals surface area contributed by atoms with Crippen molar-refractivity contribution < 1.29 is 37.5 Å². The topological polar surface area (TPSA) is 105 Å². The molecule has 0 fully saturated rings. The summed E-state index contributed by atoms with van der Waals surface area (Å²) in [7, 11) is -2.10. The summed E-state index contributed by atoms with van der Waals surface area (Å²) in [5.41, 5.74) is 2.31. The lowest BCUT2D eigenvalue weighted by Gasteiger charge is -2.42. The van der Waals surface area contributed by atoms with Gasteiger partial charge in [-0.15, -0.1) is 0 Å². The van der Waals surface area contributed by atoms with E-state index in [0.29, 0.717) is 66.1 Å². The maximum atomic E-state index is 14.4. The molecule has 5 aromatic carbocycles. The van der Waals surface area contributed by atoms with Crippen LogP contribution in [0, 0.1) is 0 Å².